The molecule has 3 aromatic carbocycles. The van der Waals surface area contributed by atoms with Crippen LogP contribution in [0.15, 0.2) is 69.7 Å². The fourth-order valence-electron chi connectivity index (χ4n) is 4.86. The molecule has 0 atom stereocenters. The second-order valence-electron chi connectivity index (χ2n) is 12.0. The number of halogens is 2. The number of benzene rings is 3. The van der Waals surface area contributed by atoms with Gasteiger partial charge in [0.15, 0.2) is 5.82 Å². The first kappa shape index (κ1) is 45.8. The normalized spacial score (nSPS) is 11.2. The molecule has 0 fully saturated rings. The van der Waals surface area contributed by atoms with Gasteiger partial charge in [0.25, 0.3) is 5.91 Å². The van der Waals surface area contributed by atoms with Crippen LogP contribution < -0.4 is 79.8 Å². The number of anilines is 3. The molecule has 0 bridgehead atoms. The van der Waals surface area contributed by atoms with E-state index in [1.165, 1.54) is 52.9 Å². The largest absolute Gasteiger partial charge is 1.00 e. The number of nitrogens with one attached hydrogen (secondary N) is 2. The molecule has 15 nitrogen and oxygen atoms in total. The number of carbonyl (C=O) groups excluding carboxylic acids is 3. The minimum atomic E-state index is -4.80. The average molecular weight is 800 g/mol. The third kappa shape index (κ3) is 11.3. The van der Waals surface area contributed by atoms with Gasteiger partial charge in [0.1, 0.15) is 33.1 Å². The first-order valence-electron chi connectivity index (χ1n) is 15.0. The fourth-order valence-corrected chi connectivity index (χ4v) is 6.03. The molecule has 0 saturated carbocycles. The van der Waals surface area contributed by atoms with Crippen LogP contribution in [0.25, 0.3) is 5.69 Å². The molecule has 4 aromatic rings. The van der Waals surface area contributed by atoms with E-state index in [9.17, 15) is 37.7 Å². The molecule has 0 saturated heterocycles. The Morgan fingerprint density at radius 3 is 2.19 bits per heavy atom. The summed E-state index contributed by atoms with van der Waals surface area (Å²) in [6, 6.07) is 14.0. The van der Waals surface area contributed by atoms with Crippen molar-refractivity contribution in [2.75, 3.05) is 28.6 Å². The van der Waals surface area contributed by atoms with E-state index in [4.69, 9.17) is 23.2 Å². The number of carbonyl (C=O) groups is 3. The Bertz CT molecular complexity index is 2210. The zero-order valence-electron chi connectivity index (χ0n) is 29.8. The predicted octanol–water partition coefficient (Wildman–Crippen LogP) is -0.537. The molecule has 1 aromatic heterocycles. The molecular formula is C33H30Cl2N8Na2O7S. The molecule has 0 radical (unpaired) electrons. The van der Waals surface area contributed by atoms with Crippen molar-refractivity contribution in [1.29, 1.82) is 5.26 Å². The van der Waals surface area contributed by atoms with Gasteiger partial charge in [-0.05, 0) is 55.5 Å². The number of azo groups is 1. The molecular weight excluding hydrogens is 769 g/mol. The first-order chi connectivity index (χ1) is 23.8. The van der Waals surface area contributed by atoms with Crippen molar-refractivity contribution in [2.45, 2.75) is 44.9 Å². The van der Waals surface area contributed by atoms with Crippen LogP contribution in [0.5, 0.6) is 0 Å². The summed E-state index contributed by atoms with van der Waals surface area (Å²) in [5.41, 5.74) is 0.618. The summed E-state index contributed by atoms with van der Waals surface area (Å²) >= 11 is 13.4. The van der Waals surface area contributed by atoms with Gasteiger partial charge in [0.2, 0.25) is 5.91 Å². The Morgan fingerprint density at radius 1 is 1.02 bits per heavy atom. The maximum atomic E-state index is 12.9. The van der Waals surface area contributed by atoms with E-state index in [0.29, 0.717) is 17.9 Å². The predicted molar refractivity (Wildman–Crippen MR) is 187 cm³/mol. The topological polar surface area (TPSA) is 225 Å². The minimum Gasteiger partial charge on any atom is -0.744 e. The van der Waals surface area contributed by atoms with Crippen LogP contribution in [0.1, 0.15) is 56.2 Å². The van der Waals surface area contributed by atoms with Crippen molar-refractivity contribution < 1.29 is 91.6 Å². The fraction of sp³-hybridized carbons (Fsp3) is 0.242. The summed E-state index contributed by atoms with van der Waals surface area (Å²) in [5.74, 6) is -2.54. The summed E-state index contributed by atoms with van der Waals surface area (Å²) in [6.07, 6.45) is 0. The second-order valence-corrected chi connectivity index (χ2v) is 14.2. The van der Waals surface area contributed by atoms with E-state index in [-0.39, 0.29) is 115 Å². The van der Waals surface area contributed by atoms with E-state index in [1.54, 1.807) is 13.0 Å². The molecule has 2 amide bonds. The van der Waals surface area contributed by atoms with Crippen LogP contribution in [0.2, 0.25) is 10.0 Å². The molecule has 20 heteroatoms. The number of likely N-dealkylation sites (N-methyl/N-ethyl adjacent to an activating group) is 1. The van der Waals surface area contributed by atoms with Gasteiger partial charge in [0, 0.05) is 35.8 Å². The van der Waals surface area contributed by atoms with Crippen molar-refractivity contribution in [3.05, 3.63) is 81.5 Å². The molecule has 0 spiro atoms. The minimum absolute atomic E-state index is 0. The molecule has 0 aliphatic rings. The van der Waals surface area contributed by atoms with E-state index < -0.39 is 38.2 Å². The summed E-state index contributed by atoms with van der Waals surface area (Å²) in [4.78, 5) is 37.2. The molecule has 0 aliphatic heterocycles. The van der Waals surface area contributed by atoms with Gasteiger partial charge < -0.3 is 30.0 Å². The maximum absolute atomic E-state index is 12.9. The Morgan fingerprint density at radius 2 is 1.66 bits per heavy atom. The summed E-state index contributed by atoms with van der Waals surface area (Å²) in [7, 11) is -4.80. The van der Waals surface area contributed by atoms with E-state index >= 15 is 0 Å². The second kappa shape index (κ2) is 18.8. The van der Waals surface area contributed by atoms with Crippen LogP contribution >= 0.6 is 23.2 Å². The van der Waals surface area contributed by atoms with Crippen molar-refractivity contribution in [1.82, 2.24) is 9.78 Å². The summed E-state index contributed by atoms with van der Waals surface area (Å²) in [5, 5.41) is 40.0. The number of aliphatic carboxylic acids is 1. The van der Waals surface area contributed by atoms with Crippen LogP contribution in [-0.2, 0) is 25.1 Å². The van der Waals surface area contributed by atoms with E-state index in [1.807, 2.05) is 20.8 Å². The number of rotatable bonds is 11. The average Bonchev–Trinajstić information content (AvgIpc) is 3.40. The van der Waals surface area contributed by atoms with Gasteiger partial charge in [-0.15, -0.1) is 10.2 Å². The smallest absolute Gasteiger partial charge is 0.744 e. The molecule has 266 valence electrons. The third-order valence-electron chi connectivity index (χ3n) is 7.16. The number of amides is 2. The quantitative estimate of drug-likeness (QED) is 0.112. The Balaban J connectivity index is 0.00000486. The molecule has 0 unspecified atom stereocenters. The molecule has 4 rings (SSSR count). The van der Waals surface area contributed by atoms with Crippen molar-refractivity contribution in [2.24, 2.45) is 10.2 Å². The zero-order chi connectivity index (χ0) is 37.8. The zero-order valence-corrected chi connectivity index (χ0v) is 36.1. The summed E-state index contributed by atoms with van der Waals surface area (Å²) < 4.78 is 35.5. The number of nitrogens with zero attached hydrogens (tertiary/aromatic N) is 6. The number of hydrogen-bond acceptors (Lipinski definition) is 12. The monoisotopic (exact) mass is 798 g/mol. The maximum Gasteiger partial charge on any atom is 1.00 e. The number of carboxylic acid groups (broad SMARTS) is 1. The molecule has 53 heavy (non-hydrogen) atoms. The first-order valence-corrected chi connectivity index (χ1v) is 17.2. The number of carboxylic acids is 1. The van der Waals surface area contributed by atoms with Crippen molar-refractivity contribution >= 4 is 79.7 Å². The number of nitriles is 1. The SMILES string of the molecule is CCN(CC(=O)[O-])c1ccc(N=Nc2c(C#N)c(C(C)(C)C)nn2-c2c(Cl)cc(NC(=O)c3cccc(S(=O)(=O)[O-])c3)cc2Cl)c(NC(C)=O)c1.[Na+].[Na+]. The standard InChI is InChI=1S/C33H32Cl2N8O7S.2Na/c1-6-42(17-28(45)46)21-10-11-26(27(15-21)37-18(2)44)39-40-31-23(16-36)30(33(3,4)5)41-43(31)29-24(34)13-20(14-25(29)35)38-32(47)19-8-7-9-22(12-19)51(48,49)50;;/h7-15H,6,17H2,1-5H3,(H,37,44)(H,38,47)(H,45,46)(H,48,49,50);;/q;2*+1/p-2. The van der Waals surface area contributed by atoms with Gasteiger partial charge in [-0.3, -0.25) is 9.59 Å². The van der Waals surface area contributed by atoms with Gasteiger partial charge in [0.05, 0.1) is 38.8 Å². The van der Waals surface area contributed by atoms with Gasteiger partial charge >= 0.3 is 59.1 Å². The van der Waals surface area contributed by atoms with Crippen LogP contribution in [-0.4, -0.2) is 53.6 Å². The van der Waals surface area contributed by atoms with Crippen LogP contribution in [0.4, 0.5) is 28.6 Å². The van der Waals surface area contributed by atoms with Crippen LogP contribution in [0, 0.1) is 11.3 Å². The third-order valence-corrected chi connectivity index (χ3v) is 8.57. The number of aromatic nitrogens is 2. The van der Waals surface area contributed by atoms with Crippen molar-refractivity contribution in [3.63, 3.8) is 0 Å². The number of hydrogen-bond donors (Lipinski definition) is 2. The van der Waals surface area contributed by atoms with E-state index in [2.05, 4.69) is 32.0 Å². The van der Waals surface area contributed by atoms with Gasteiger partial charge in [-0.25, -0.2) is 13.1 Å². The van der Waals surface area contributed by atoms with Gasteiger partial charge in [-0.1, -0.05) is 50.0 Å². The molecule has 0 aliphatic carbocycles. The Hall–Kier alpha value is -3.34. The van der Waals surface area contributed by atoms with Gasteiger partial charge in [-0.2, -0.15) is 10.4 Å². The summed E-state index contributed by atoms with van der Waals surface area (Å²) in [6.45, 7) is 8.47. The van der Waals surface area contributed by atoms with E-state index in [0.717, 1.165) is 12.1 Å². The Kier molecular flexibility index (Phi) is 16.3. The van der Waals surface area contributed by atoms with Crippen molar-refractivity contribution in [3.8, 4) is 11.8 Å². The molecule has 2 N–H and O–H groups in total. The van der Waals surface area contributed by atoms with Crippen LogP contribution in [0.3, 0.4) is 0 Å². The molecule has 1 heterocycles. The Labute approximate surface area is 360 Å².